The number of rotatable bonds is 16. The van der Waals surface area contributed by atoms with Gasteiger partial charge in [0.15, 0.2) is 8.38 Å². The fourth-order valence-electron chi connectivity index (χ4n) is 6.13. The standard InChI is InChI=1S/C34H43F3N5O6P/c1-42-20-25-24(23-8-6-5-7-9-23)11-13-28(30(25)32(42)43)40-33-38-19-26(34(35,36)37)31(41-33)39-27-12-10-22(18-29(27)46-4)21-49(47-16-14-44-2)48-17-15-45-3/h10-13,18-19,23H,5-9,14-17,20-21H2,1-4H3,(H2,38,39,40,41). The van der Waals surface area contributed by atoms with Crippen molar-refractivity contribution in [3.8, 4) is 5.75 Å². The first-order chi connectivity index (χ1) is 23.6. The molecule has 0 unspecified atom stereocenters. The van der Waals surface area contributed by atoms with Crippen molar-refractivity contribution < 1.29 is 41.2 Å². The van der Waals surface area contributed by atoms with Gasteiger partial charge in [-0.3, -0.25) is 4.79 Å². The van der Waals surface area contributed by atoms with Crippen LogP contribution in [0.25, 0.3) is 0 Å². The lowest BCUT2D eigenvalue weighted by Crippen LogP contribution is -2.18. The zero-order chi connectivity index (χ0) is 35.0. The number of methoxy groups -OCH3 is 3. The molecule has 266 valence electrons. The van der Waals surface area contributed by atoms with Crippen molar-refractivity contribution in [3.05, 3.63) is 64.3 Å². The second-order valence-corrected chi connectivity index (χ2v) is 13.4. The number of anilines is 4. The number of carbonyl (C=O) groups excluding carboxylic acids is 1. The third kappa shape index (κ3) is 9.17. The van der Waals surface area contributed by atoms with Crippen LogP contribution in [0.4, 0.5) is 36.3 Å². The van der Waals surface area contributed by atoms with Gasteiger partial charge in [-0.1, -0.05) is 31.4 Å². The van der Waals surface area contributed by atoms with Crippen molar-refractivity contribution in [2.75, 3.05) is 65.4 Å². The molecule has 1 saturated carbocycles. The molecule has 2 aromatic carbocycles. The Morgan fingerprint density at radius 1 is 0.939 bits per heavy atom. The third-order valence-corrected chi connectivity index (χ3v) is 10.1. The molecule has 2 heterocycles. The van der Waals surface area contributed by atoms with E-state index in [0.29, 0.717) is 62.1 Å². The number of carbonyl (C=O) groups is 1. The van der Waals surface area contributed by atoms with Crippen molar-refractivity contribution >= 4 is 37.4 Å². The van der Waals surface area contributed by atoms with E-state index >= 15 is 0 Å². The van der Waals surface area contributed by atoms with Gasteiger partial charge in [-0.2, -0.15) is 18.2 Å². The largest absolute Gasteiger partial charge is 0.495 e. The summed E-state index contributed by atoms with van der Waals surface area (Å²) in [5, 5.41) is 5.85. The highest BCUT2D eigenvalue weighted by molar-refractivity contribution is 7.46. The Morgan fingerprint density at radius 3 is 2.29 bits per heavy atom. The molecule has 1 aromatic heterocycles. The number of hydrogen-bond donors (Lipinski definition) is 2. The Bertz CT molecular complexity index is 1580. The minimum Gasteiger partial charge on any atom is -0.495 e. The molecule has 3 aromatic rings. The van der Waals surface area contributed by atoms with E-state index in [-0.39, 0.29) is 17.5 Å². The molecule has 0 bridgehead atoms. The van der Waals surface area contributed by atoms with Gasteiger partial charge >= 0.3 is 6.18 Å². The zero-order valence-electron chi connectivity index (χ0n) is 28.2. The first-order valence-electron chi connectivity index (χ1n) is 16.2. The normalized spacial score (nSPS) is 15.2. The highest BCUT2D eigenvalue weighted by Crippen LogP contribution is 2.44. The van der Waals surface area contributed by atoms with Gasteiger partial charge in [-0.25, -0.2) is 4.98 Å². The molecule has 0 spiro atoms. The zero-order valence-corrected chi connectivity index (χ0v) is 29.1. The molecule has 2 N–H and O–H groups in total. The predicted octanol–water partition coefficient (Wildman–Crippen LogP) is 7.76. The molecule has 0 radical (unpaired) electrons. The van der Waals surface area contributed by atoms with Crippen LogP contribution in [-0.4, -0.2) is 75.6 Å². The van der Waals surface area contributed by atoms with Gasteiger partial charge in [-0.05, 0) is 53.6 Å². The van der Waals surface area contributed by atoms with Crippen LogP contribution in [0.5, 0.6) is 5.75 Å². The van der Waals surface area contributed by atoms with Crippen LogP contribution in [0.1, 0.15) is 70.6 Å². The van der Waals surface area contributed by atoms with Crippen LogP contribution in [-0.2, 0) is 37.4 Å². The van der Waals surface area contributed by atoms with E-state index in [4.69, 9.17) is 23.3 Å². The molecule has 0 atom stereocenters. The number of halogens is 3. The third-order valence-electron chi connectivity index (χ3n) is 8.57. The Labute approximate surface area is 285 Å². The molecule has 0 saturated heterocycles. The minimum atomic E-state index is -4.75. The average molecular weight is 706 g/mol. The average Bonchev–Trinajstić information content (AvgIpc) is 3.39. The van der Waals surface area contributed by atoms with Crippen molar-refractivity contribution in [1.29, 1.82) is 0 Å². The van der Waals surface area contributed by atoms with Crippen LogP contribution in [0.3, 0.4) is 0 Å². The van der Waals surface area contributed by atoms with Gasteiger partial charge in [0.25, 0.3) is 5.91 Å². The van der Waals surface area contributed by atoms with Crippen LogP contribution in [0.15, 0.2) is 36.5 Å². The molecule has 2 aliphatic rings. The van der Waals surface area contributed by atoms with Gasteiger partial charge in [0, 0.05) is 40.2 Å². The topological polar surface area (TPSA) is 116 Å². The summed E-state index contributed by atoms with van der Waals surface area (Å²) in [4.78, 5) is 23.2. The molecule has 5 rings (SSSR count). The summed E-state index contributed by atoms with van der Waals surface area (Å²) in [6.45, 7) is 1.96. The number of nitrogens with one attached hydrogen (secondary N) is 2. The summed E-state index contributed by atoms with van der Waals surface area (Å²) in [7, 11) is 4.99. The Morgan fingerprint density at radius 2 is 1.63 bits per heavy atom. The number of ether oxygens (including phenoxy) is 3. The van der Waals surface area contributed by atoms with E-state index in [2.05, 4.69) is 20.6 Å². The summed E-state index contributed by atoms with van der Waals surface area (Å²) in [5.74, 6) is -0.0286. The maximum Gasteiger partial charge on any atom is 0.421 e. The maximum absolute atomic E-state index is 14.2. The number of alkyl halides is 3. The van der Waals surface area contributed by atoms with Gasteiger partial charge in [0.1, 0.15) is 17.1 Å². The summed E-state index contributed by atoms with van der Waals surface area (Å²) in [5.41, 5.74) is 3.09. The van der Waals surface area contributed by atoms with Crippen LogP contribution in [0.2, 0.25) is 0 Å². The molecule has 1 aliphatic carbocycles. The van der Waals surface area contributed by atoms with Crippen LogP contribution in [0, 0.1) is 0 Å². The van der Waals surface area contributed by atoms with Crippen molar-refractivity contribution in [2.24, 2.45) is 0 Å². The smallest absolute Gasteiger partial charge is 0.421 e. The number of hydrogen-bond acceptors (Lipinski definition) is 10. The van der Waals surface area contributed by atoms with Crippen LogP contribution < -0.4 is 15.4 Å². The van der Waals surface area contributed by atoms with E-state index in [9.17, 15) is 18.0 Å². The van der Waals surface area contributed by atoms with Crippen molar-refractivity contribution in [2.45, 2.75) is 56.9 Å². The Balaban J connectivity index is 1.41. The summed E-state index contributed by atoms with van der Waals surface area (Å²) in [6.07, 6.45) is 2.06. The lowest BCUT2D eigenvalue weighted by molar-refractivity contribution is -0.137. The first kappa shape index (κ1) is 36.7. The molecular weight excluding hydrogens is 662 g/mol. The lowest BCUT2D eigenvalue weighted by atomic mass is 9.81. The fourth-order valence-corrected chi connectivity index (χ4v) is 7.44. The first-order valence-corrected chi connectivity index (χ1v) is 17.6. The number of amides is 1. The highest BCUT2D eigenvalue weighted by Gasteiger charge is 2.36. The molecule has 11 nitrogen and oxygen atoms in total. The van der Waals surface area contributed by atoms with Gasteiger partial charge < -0.3 is 38.8 Å². The Hall–Kier alpha value is -3.55. The van der Waals surface area contributed by atoms with Crippen LogP contribution >= 0.6 is 8.38 Å². The summed E-state index contributed by atoms with van der Waals surface area (Å²) >= 11 is 0. The van der Waals surface area contributed by atoms with Gasteiger partial charge in [-0.15, -0.1) is 0 Å². The summed E-state index contributed by atoms with van der Waals surface area (Å²) in [6, 6.07) is 8.92. The molecule has 1 amide bonds. The Kier molecular flexibility index (Phi) is 12.7. The number of nitrogens with zero attached hydrogens (tertiary/aromatic N) is 3. The van der Waals surface area contributed by atoms with E-state index in [1.165, 1.54) is 19.1 Å². The second kappa shape index (κ2) is 16.9. The SMILES string of the molecule is COCCOP(Cc1ccc(Nc2nc(Nc3ccc(C4CCCCC4)c4c3C(=O)N(C)C4)ncc2C(F)(F)F)c(OC)c1)OCCOC. The minimum absolute atomic E-state index is 0.0897. The molecule has 1 aliphatic heterocycles. The summed E-state index contributed by atoms with van der Waals surface area (Å²) < 4.78 is 70.0. The van der Waals surface area contributed by atoms with Gasteiger partial charge in [0.2, 0.25) is 5.95 Å². The van der Waals surface area contributed by atoms with E-state index in [1.54, 1.807) is 44.4 Å². The highest BCUT2D eigenvalue weighted by atomic mass is 31.2. The maximum atomic E-state index is 14.2. The van der Waals surface area contributed by atoms with E-state index in [0.717, 1.165) is 43.0 Å². The van der Waals surface area contributed by atoms with Gasteiger partial charge in [0.05, 0.1) is 50.5 Å². The monoisotopic (exact) mass is 705 g/mol. The molecule has 49 heavy (non-hydrogen) atoms. The number of benzene rings is 2. The van der Waals surface area contributed by atoms with E-state index < -0.39 is 25.9 Å². The van der Waals surface area contributed by atoms with E-state index in [1.807, 2.05) is 12.1 Å². The quantitative estimate of drug-likeness (QED) is 0.113. The fraction of sp³-hybridized carbons (Fsp3) is 0.500. The molecular formula is C34H43F3N5O6P. The van der Waals surface area contributed by atoms with Crippen molar-refractivity contribution in [3.63, 3.8) is 0 Å². The number of fused-ring (bicyclic) bond motifs is 1. The second-order valence-electron chi connectivity index (χ2n) is 11.9. The lowest BCUT2D eigenvalue weighted by Gasteiger charge is -2.24. The predicted molar refractivity (Wildman–Crippen MR) is 181 cm³/mol. The van der Waals surface area contributed by atoms with Crippen molar-refractivity contribution in [1.82, 2.24) is 14.9 Å². The number of aromatic nitrogens is 2. The molecule has 1 fully saturated rings. The molecule has 15 heteroatoms.